The zero-order valence-corrected chi connectivity index (χ0v) is 11.2. The highest BCUT2D eigenvalue weighted by Gasteiger charge is 2.20. The first kappa shape index (κ1) is 12.7. The molecule has 0 spiro atoms. The van der Waals surface area contributed by atoms with Gasteiger partial charge in [0.1, 0.15) is 0 Å². The number of hydrogen-bond acceptors (Lipinski definition) is 3. The number of aromatic nitrogens is 2. The molecule has 2 rings (SSSR count). The van der Waals surface area contributed by atoms with Crippen LogP contribution in [0.4, 0.5) is 0 Å². The lowest BCUT2D eigenvalue weighted by Gasteiger charge is -2.20. The number of rotatable bonds is 5. The number of hydrogen-bond donors (Lipinski definition) is 0. The third-order valence-electron chi connectivity index (χ3n) is 3.24. The highest BCUT2D eigenvalue weighted by atomic mass is 32.2. The van der Waals surface area contributed by atoms with Crippen molar-refractivity contribution in [3.8, 4) is 0 Å². The summed E-state index contributed by atoms with van der Waals surface area (Å²) < 4.78 is 1.99. The lowest BCUT2D eigenvalue weighted by molar-refractivity contribution is 0.0944. The molecule has 0 N–H and O–H groups in total. The van der Waals surface area contributed by atoms with Crippen molar-refractivity contribution in [2.45, 2.75) is 39.2 Å². The summed E-state index contributed by atoms with van der Waals surface area (Å²) in [6.07, 6.45) is 7.74. The third-order valence-corrected chi connectivity index (χ3v) is 4.29. The van der Waals surface area contributed by atoms with Gasteiger partial charge in [0.2, 0.25) is 0 Å². The zero-order valence-electron chi connectivity index (χ0n) is 10.4. The molecule has 1 saturated heterocycles. The SMILES string of the molecule is CCCn1ccnc1C(=O)CC1CCSCC1. The first-order valence-electron chi connectivity index (χ1n) is 6.43. The first-order valence-corrected chi connectivity index (χ1v) is 7.58. The van der Waals surface area contributed by atoms with Crippen molar-refractivity contribution in [2.75, 3.05) is 11.5 Å². The molecule has 1 fully saturated rings. The maximum Gasteiger partial charge on any atom is 0.198 e. The minimum absolute atomic E-state index is 0.223. The van der Waals surface area contributed by atoms with Gasteiger partial charge in [-0.25, -0.2) is 4.98 Å². The molecule has 0 aromatic carbocycles. The first-order chi connectivity index (χ1) is 8.31. The van der Waals surface area contributed by atoms with Gasteiger partial charge in [-0.2, -0.15) is 11.8 Å². The van der Waals surface area contributed by atoms with Gasteiger partial charge in [-0.1, -0.05) is 6.92 Å². The Labute approximate surface area is 107 Å². The number of imidazole rings is 1. The Kier molecular flexibility index (Phi) is 4.66. The van der Waals surface area contributed by atoms with Crippen molar-refractivity contribution in [3.05, 3.63) is 18.2 Å². The van der Waals surface area contributed by atoms with Gasteiger partial charge in [0.05, 0.1) is 0 Å². The van der Waals surface area contributed by atoms with E-state index >= 15 is 0 Å². The van der Waals surface area contributed by atoms with Crippen LogP contribution in [0.2, 0.25) is 0 Å². The molecule has 1 aliphatic heterocycles. The highest BCUT2D eigenvalue weighted by molar-refractivity contribution is 7.99. The van der Waals surface area contributed by atoms with Crippen LogP contribution in [0.25, 0.3) is 0 Å². The predicted molar refractivity (Wildman–Crippen MR) is 71.5 cm³/mol. The van der Waals surface area contributed by atoms with E-state index in [0.717, 1.165) is 13.0 Å². The van der Waals surface area contributed by atoms with Gasteiger partial charge in [0, 0.05) is 25.4 Å². The van der Waals surface area contributed by atoms with Crippen molar-refractivity contribution in [1.82, 2.24) is 9.55 Å². The minimum atomic E-state index is 0.223. The molecule has 1 aromatic heterocycles. The molecule has 4 heteroatoms. The molecule has 2 heterocycles. The maximum atomic E-state index is 12.2. The molecule has 1 aliphatic rings. The van der Waals surface area contributed by atoms with Gasteiger partial charge in [0.25, 0.3) is 0 Å². The van der Waals surface area contributed by atoms with E-state index in [-0.39, 0.29) is 5.78 Å². The van der Waals surface area contributed by atoms with Gasteiger partial charge >= 0.3 is 0 Å². The number of carbonyl (C=O) groups excluding carboxylic acids is 1. The molecule has 0 atom stereocenters. The molecule has 0 aliphatic carbocycles. The Morgan fingerprint density at radius 1 is 1.53 bits per heavy atom. The van der Waals surface area contributed by atoms with Gasteiger partial charge < -0.3 is 4.57 Å². The van der Waals surface area contributed by atoms with E-state index in [4.69, 9.17) is 0 Å². The standard InChI is InChI=1S/C13H20N2OS/c1-2-6-15-7-5-14-13(15)12(16)10-11-3-8-17-9-4-11/h5,7,11H,2-4,6,8-10H2,1H3. The predicted octanol–water partition coefficient (Wildman–Crippen LogP) is 3.01. The van der Waals surface area contributed by atoms with Crippen LogP contribution in [0.5, 0.6) is 0 Å². The molecule has 0 unspecified atom stereocenters. The van der Waals surface area contributed by atoms with Crippen LogP contribution in [-0.2, 0) is 6.54 Å². The summed E-state index contributed by atoms with van der Waals surface area (Å²) in [5, 5.41) is 0. The summed E-state index contributed by atoms with van der Waals surface area (Å²) >= 11 is 2.00. The average molecular weight is 252 g/mol. The Bertz CT molecular complexity index is 369. The van der Waals surface area contributed by atoms with Crippen molar-refractivity contribution < 1.29 is 4.79 Å². The zero-order chi connectivity index (χ0) is 12.1. The normalized spacial score (nSPS) is 17.2. The van der Waals surface area contributed by atoms with E-state index in [2.05, 4.69) is 11.9 Å². The van der Waals surface area contributed by atoms with Crippen molar-refractivity contribution >= 4 is 17.5 Å². The molecule has 0 amide bonds. The van der Waals surface area contributed by atoms with E-state index in [0.29, 0.717) is 18.2 Å². The Hall–Kier alpha value is -0.770. The second kappa shape index (κ2) is 6.24. The van der Waals surface area contributed by atoms with Crippen LogP contribution >= 0.6 is 11.8 Å². The van der Waals surface area contributed by atoms with Gasteiger partial charge in [0.15, 0.2) is 11.6 Å². The van der Waals surface area contributed by atoms with Crippen LogP contribution in [-0.4, -0.2) is 26.8 Å². The Morgan fingerprint density at radius 3 is 3.00 bits per heavy atom. The lowest BCUT2D eigenvalue weighted by atomic mass is 9.96. The lowest BCUT2D eigenvalue weighted by Crippen LogP contribution is -2.17. The largest absolute Gasteiger partial charge is 0.329 e. The fourth-order valence-corrected chi connectivity index (χ4v) is 3.49. The summed E-state index contributed by atoms with van der Waals surface area (Å²) in [6, 6.07) is 0. The van der Waals surface area contributed by atoms with E-state index in [9.17, 15) is 4.79 Å². The topological polar surface area (TPSA) is 34.9 Å². The quantitative estimate of drug-likeness (QED) is 0.756. The molecule has 94 valence electrons. The van der Waals surface area contributed by atoms with E-state index in [1.165, 1.54) is 24.3 Å². The fourth-order valence-electron chi connectivity index (χ4n) is 2.29. The van der Waals surface area contributed by atoms with Gasteiger partial charge in [-0.15, -0.1) is 0 Å². The number of aryl methyl sites for hydroxylation is 1. The van der Waals surface area contributed by atoms with Crippen molar-refractivity contribution in [2.24, 2.45) is 5.92 Å². The van der Waals surface area contributed by atoms with Crippen LogP contribution < -0.4 is 0 Å². The Balaban J connectivity index is 1.96. The minimum Gasteiger partial charge on any atom is -0.329 e. The Morgan fingerprint density at radius 2 is 2.29 bits per heavy atom. The summed E-state index contributed by atoms with van der Waals surface area (Å²) in [7, 11) is 0. The maximum absolute atomic E-state index is 12.2. The summed E-state index contributed by atoms with van der Waals surface area (Å²) in [4.78, 5) is 16.4. The van der Waals surface area contributed by atoms with E-state index < -0.39 is 0 Å². The van der Waals surface area contributed by atoms with Crippen LogP contribution in [0.3, 0.4) is 0 Å². The van der Waals surface area contributed by atoms with Gasteiger partial charge in [-0.05, 0) is 36.7 Å². The second-order valence-electron chi connectivity index (χ2n) is 4.63. The number of carbonyl (C=O) groups is 1. The van der Waals surface area contributed by atoms with Crippen molar-refractivity contribution in [1.29, 1.82) is 0 Å². The number of Topliss-reactive ketones (excluding diaryl/α,β-unsaturated/α-hetero) is 1. The fraction of sp³-hybridized carbons (Fsp3) is 0.692. The molecule has 0 radical (unpaired) electrons. The molecule has 0 saturated carbocycles. The number of nitrogens with zero attached hydrogens (tertiary/aromatic N) is 2. The molecule has 0 bridgehead atoms. The summed E-state index contributed by atoms with van der Waals surface area (Å²) in [5.74, 6) is 3.88. The summed E-state index contributed by atoms with van der Waals surface area (Å²) in [6.45, 7) is 3.01. The molecule has 3 nitrogen and oxygen atoms in total. The summed E-state index contributed by atoms with van der Waals surface area (Å²) in [5.41, 5.74) is 0. The van der Waals surface area contributed by atoms with E-state index in [1.807, 2.05) is 22.5 Å². The monoisotopic (exact) mass is 252 g/mol. The average Bonchev–Trinajstić information content (AvgIpc) is 2.79. The van der Waals surface area contributed by atoms with Gasteiger partial charge in [-0.3, -0.25) is 4.79 Å². The van der Waals surface area contributed by atoms with Crippen LogP contribution in [0.1, 0.15) is 43.2 Å². The van der Waals surface area contributed by atoms with Crippen LogP contribution in [0.15, 0.2) is 12.4 Å². The smallest absolute Gasteiger partial charge is 0.198 e. The molecule has 17 heavy (non-hydrogen) atoms. The van der Waals surface area contributed by atoms with E-state index in [1.54, 1.807) is 6.20 Å². The highest BCUT2D eigenvalue weighted by Crippen LogP contribution is 2.26. The molecular formula is C13H20N2OS. The second-order valence-corrected chi connectivity index (χ2v) is 5.85. The number of ketones is 1. The van der Waals surface area contributed by atoms with Crippen molar-refractivity contribution in [3.63, 3.8) is 0 Å². The third kappa shape index (κ3) is 3.35. The molecular weight excluding hydrogens is 232 g/mol. The molecule has 1 aromatic rings. The number of thioether (sulfide) groups is 1. The van der Waals surface area contributed by atoms with Crippen LogP contribution in [0, 0.1) is 5.92 Å².